The topological polar surface area (TPSA) is 84.9 Å². The number of methoxy groups -OCH3 is 2. The van der Waals surface area contributed by atoms with Crippen LogP contribution < -0.4 is 14.2 Å². The smallest absolute Gasteiger partial charge is 0.241 e. The van der Waals surface area contributed by atoms with Gasteiger partial charge in [0.15, 0.2) is 11.5 Å². The Bertz CT molecular complexity index is 727. The number of carbonyl (C=O) groups is 1. The van der Waals surface area contributed by atoms with Gasteiger partial charge < -0.3 is 14.4 Å². The Morgan fingerprint density at radius 2 is 1.69 bits per heavy atom. The average molecular weight is 384 g/mol. The van der Waals surface area contributed by atoms with Crippen LogP contribution in [0.15, 0.2) is 23.1 Å². The first-order valence-corrected chi connectivity index (χ1v) is 10.3. The number of likely N-dealkylation sites (tertiary alicyclic amines) is 1. The first kappa shape index (κ1) is 20.5. The highest BCUT2D eigenvalue weighted by atomic mass is 32.2. The normalized spacial score (nSPS) is 16.4. The summed E-state index contributed by atoms with van der Waals surface area (Å²) in [6.07, 6.45) is 3.02. The van der Waals surface area contributed by atoms with Crippen LogP contribution in [0.1, 0.15) is 33.1 Å². The van der Waals surface area contributed by atoms with E-state index < -0.39 is 16.1 Å². The van der Waals surface area contributed by atoms with Gasteiger partial charge in [-0.2, -0.15) is 4.72 Å². The summed E-state index contributed by atoms with van der Waals surface area (Å²) in [5.74, 6) is 0.429. The SMILES string of the molecule is COc1ccc(S(=O)(=O)N[C@@H](C(=O)N2CCCCC2)C(C)C)cc1OC. The molecule has 1 saturated heterocycles. The lowest BCUT2D eigenvalue weighted by atomic mass is 10.0. The molecule has 0 spiro atoms. The molecule has 0 aromatic heterocycles. The van der Waals surface area contributed by atoms with Crippen molar-refractivity contribution in [1.29, 1.82) is 0 Å². The Balaban J connectivity index is 2.25. The number of hydrogen-bond donors (Lipinski definition) is 1. The van der Waals surface area contributed by atoms with Gasteiger partial charge in [0.2, 0.25) is 15.9 Å². The molecule has 8 heteroatoms. The molecule has 2 rings (SSSR count). The van der Waals surface area contributed by atoms with Crippen LogP contribution in [0, 0.1) is 5.92 Å². The van der Waals surface area contributed by atoms with Gasteiger partial charge in [0.25, 0.3) is 0 Å². The van der Waals surface area contributed by atoms with Gasteiger partial charge in [-0.05, 0) is 37.3 Å². The second kappa shape index (κ2) is 8.73. The lowest BCUT2D eigenvalue weighted by Gasteiger charge is -2.32. The third-order valence-electron chi connectivity index (χ3n) is 4.55. The van der Waals surface area contributed by atoms with Gasteiger partial charge in [0.05, 0.1) is 19.1 Å². The molecule has 1 aromatic carbocycles. The Hall–Kier alpha value is -1.80. The number of carbonyl (C=O) groups excluding carboxylic acids is 1. The van der Waals surface area contributed by atoms with E-state index in [1.165, 1.54) is 32.4 Å². The standard InChI is InChI=1S/C18H28N2O5S/c1-13(2)17(18(21)20-10-6-5-7-11-20)19-26(22,23)14-8-9-15(24-3)16(12-14)25-4/h8-9,12-13,17,19H,5-7,10-11H2,1-4H3/t17-/m1/s1. The number of hydrogen-bond acceptors (Lipinski definition) is 5. The second-order valence-electron chi connectivity index (χ2n) is 6.75. The molecule has 0 radical (unpaired) electrons. The second-order valence-corrected chi connectivity index (χ2v) is 8.46. The Labute approximate surface area is 155 Å². The predicted octanol–water partition coefficient (Wildman–Crippen LogP) is 2.02. The Kier molecular flexibility index (Phi) is 6.88. The van der Waals surface area contributed by atoms with Gasteiger partial charge in [0, 0.05) is 19.2 Å². The molecule has 1 fully saturated rings. The third kappa shape index (κ3) is 4.67. The number of nitrogens with one attached hydrogen (secondary N) is 1. The third-order valence-corrected chi connectivity index (χ3v) is 5.99. The quantitative estimate of drug-likeness (QED) is 0.777. The molecule has 7 nitrogen and oxygen atoms in total. The molecule has 0 bridgehead atoms. The molecule has 0 saturated carbocycles. The molecular formula is C18H28N2O5S. The van der Waals surface area contributed by atoms with Crippen molar-refractivity contribution in [2.75, 3.05) is 27.3 Å². The van der Waals surface area contributed by atoms with E-state index in [1.807, 2.05) is 13.8 Å². The molecule has 1 N–H and O–H groups in total. The van der Waals surface area contributed by atoms with Crippen LogP contribution in [-0.2, 0) is 14.8 Å². The van der Waals surface area contributed by atoms with Crippen molar-refractivity contribution in [2.24, 2.45) is 5.92 Å². The van der Waals surface area contributed by atoms with Crippen LogP contribution in [0.3, 0.4) is 0 Å². The number of amides is 1. The minimum Gasteiger partial charge on any atom is -0.493 e. The van der Waals surface area contributed by atoms with E-state index in [9.17, 15) is 13.2 Å². The maximum atomic E-state index is 12.8. The summed E-state index contributed by atoms with van der Waals surface area (Å²) < 4.78 is 38.5. The van der Waals surface area contributed by atoms with Crippen molar-refractivity contribution in [1.82, 2.24) is 9.62 Å². The fourth-order valence-corrected chi connectivity index (χ4v) is 4.35. The molecule has 1 atom stereocenters. The minimum absolute atomic E-state index is 0.0345. The van der Waals surface area contributed by atoms with E-state index in [0.29, 0.717) is 24.6 Å². The summed E-state index contributed by atoms with van der Waals surface area (Å²) in [5, 5.41) is 0. The van der Waals surface area contributed by atoms with Crippen molar-refractivity contribution in [2.45, 2.75) is 44.0 Å². The summed E-state index contributed by atoms with van der Waals surface area (Å²) in [5.41, 5.74) is 0. The molecule has 1 aliphatic rings. The summed E-state index contributed by atoms with van der Waals surface area (Å²) >= 11 is 0. The predicted molar refractivity (Wildman–Crippen MR) is 98.9 cm³/mol. The number of nitrogens with zero attached hydrogens (tertiary/aromatic N) is 1. The summed E-state index contributed by atoms with van der Waals surface area (Å²) in [6.45, 7) is 5.04. The fourth-order valence-electron chi connectivity index (χ4n) is 3.00. The zero-order valence-electron chi connectivity index (χ0n) is 15.8. The van der Waals surface area contributed by atoms with Crippen molar-refractivity contribution < 1.29 is 22.7 Å². The fraction of sp³-hybridized carbons (Fsp3) is 0.611. The van der Waals surface area contributed by atoms with Gasteiger partial charge in [-0.3, -0.25) is 4.79 Å². The lowest BCUT2D eigenvalue weighted by molar-refractivity contribution is -0.134. The first-order valence-electron chi connectivity index (χ1n) is 8.83. The van der Waals surface area contributed by atoms with E-state index >= 15 is 0 Å². The molecule has 0 unspecified atom stereocenters. The van der Waals surface area contributed by atoms with Crippen LogP contribution in [0.4, 0.5) is 0 Å². The number of benzene rings is 1. The summed E-state index contributed by atoms with van der Waals surface area (Å²) in [6, 6.07) is 3.56. The maximum Gasteiger partial charge on any atom is 0.241 e. The molecule has 1 amide bonds. The van der Waals surface area contributed by atoms with Crippen LogP contribution in [0.2, 0.25) is 0 Å². The molecular weight excluding hydrogens is 356 g/mol. The van der Waals surface area contributed by atoms with Gasteiger partial charge in [-0.25, -0.2) is 8.42 Å². The van der Waals surface area contributed by atoms with E-state index in [0.717, 1.165) is 19.3 Å². The number of rotatable bonds is 7. The maximum absolute atomic E-state index is 12.8. The van der Waals surface area contributed by atoms with Crippen molar-refractivity contribution in [3.63, 3.8) is 0 Å². The van der Waals surface area contributed by atoms with Gasteiger partial charge in [-0.1, -0.05) is 13.8 Å². The van der Waals surface area contributed by atoms with Crippen molar-refractivity contribution in [3.8, 4) is 11.5 Å². The zero-order chi connectivity index (χ0) is 19.3. The van der Waals surface area contributed by atoms with Gasteiger partial charge in [0.1, 0.15) is 6.04 Å². The zero-order valence-corrected chi connectivity index (χ0v) is 16.6. The van der Waals surface area contributed by atoms with Crippen molar-refractivity contribution in [3.05, 3.63) is 18.2 Å². The summed E-state index contributed by atoms with van der Waals surface area (Å²) in [4.78, 5) is 14.6. The van der Waals surface area contributed by atoms with E-state index in [1.54, 1.807) is 4.90 Å². The van der Waals surface area contributed by atoms with Crippen molar-refractivity contribution >= 4 is 15.9 Å². The minimum atomic E-state index is -3.88. The molecule has 1 aromatic rings. The monoisotopic (exact) mass is 384 g/mol. The van der Waals surface area contributed by atoms with Gasteiger partial charge >= 0.3 is 0 Å². The highest BCUT2D eigenvalue weighted by Gasteiger charge is 2.32. The Morgan fingerprint density at radius 1 is 1.08 bits per heavy atom. The molecule has 0 aliphatic carbocycles. The number of ether oxygens (including phenoxy) is 2. The van der Waals surface area contributed by atoms with Crippen LogP contribution in [0.5, 0.6) is 11.5 Å². The first-order chi connectivity index (χ1) is 12.3. The van der Waals surface area contributed by atoms with E-state index in [2.05, 4.69) is 4.72 Å². The van der Waals surface area contributed by atoms with Crippen LogP contribution in [0.25, 0.3) is 0 Å². The lowest BCUT2D eigenvalue weighted by Crippen LogP contribution is -2.52. The molecule has 1 aliphatic heterocycles. The number of sulfonamides is 1. The van der Waals surface area contributed by atoms with Gasteiger partial charge in [-0.15, -0.1) is 0 Å². The van der Waals surface area contributed by atoms with E-state index in [4.69, 9.17) is 9.47 Å². The van der Waals surface area contributed by atoms with Crippen LogP contribution in [-0.4, -0.2) is 52.6 Å². The molecule has 1 heterocycles. The average Bonchev–Trinajstić information content (AvgIpc) is 2.65. The summed E-state index contributed by atoms with van der Waals surface area (Å²) in [7, 11) is -0.953. The highest BCUT2D eigenvalue weighted by Crippen LogP contribution is 2.29. The molecule has 146 valence electrons. The van der Waals surface area contributed by atoms with E-state index in [-0.39, 0.29) is 16.7 Å². The molecule has 26 heavy (non-hydrogen) atoms. The number of piperidine rings is 1. The highest BCUT2D eigenvalue weighted by molar-refractivity contribution is 7.89. The Morgan fingerprint density at radius 3 is 2.23 bits per heavy atom. The van der Waals surface area contributed by atoms with Crippen LogP contribution >= 0.6 is 0 Å². The largest absolute Gasteiger partial charge is 0.493 e.